The zero-order valence-electron chi connectivity index (χ0n) is 15.5. The maximum atomic E-state index is 12.7. The van der Waals surface area contributed by atoms with E-state index in [0.717, 1.165) is 10.8 Å². The number of Topliss-reactive ketones (excluding diaryl/α,β-unsaturated/α-hetero) is 1. The van der Waals surface area contributed by atoms with E-state index in [1.165, 1.54) is 0 Å². The number of benzene rings is 2. The predicted molar refractivity (Wildman–Crippen MR) is 102 cm³/mol. The van der Waals surface area contributed by atoms with Crippen LogP contribution in [0.2, 0.25) is 0 Å². The van der Waals surface area contributed by atoms with E-state index in [-0.39, 0.29) is 36.7 Å². The van der Waals surface area contributed by atoms with Crippen LogP contribution in [0.15, 0.2) is 42.5 Å². The lowest BCUT2D eigenvalue weighted by Gasteiger charge is -2.21. The number of rotatable bonds is 6. The summed E-state index contributed by atoms with van der Waals surface area (Å²) in [5.74, 6) is -0.613. The van der Waals surface area contributed by atoms with E-state index < -0.39 is 12.1 Å². The van der Waals surface area contributed by atoms with Crippen LogP contribution in [0.5, 0.6) is 0 Å². The predicted octanol–water partition coefficient (Wildman–Crippen LogP) is 2.07. The summed E-state index contributed by atoms with van der Waals surface area (Å²) in [5, 5.41) is 7.52. The molecule has 2 amide bonds. The van der Waals surface area contributed by atoms with Gasteiger partial charge < -0.3 is 15.4 Å². The summed E-state index contributed by atoms with van der Waals surface area (Å²) in [5.41, 5.74) is 0.496. The Bertz CT molecular complexity index is 862. The molecule has 27 heavy (non-hydrogen) atoms. The highest BCUT2D eigenvalue weighted by Crippen LogP contribution is 2.16. The Kier molecular flexibility index (Phi) is 5.86. The summed E-state index contributed by atoms with van der Waals surface area (Å²) in [6, 6.07) is 11.9. The van der Waals surface area contributed by atoms with Gasteiger partial charge in [0.05, 0.1) is 6.61 Å². The maximum absolute atomic E-state index is 12.7. The summed E-state index contributed by atoms with van der Waals surface area (Å²) in [6.45, 7) is 4.15. The topological polar surface area (TPSA) is 84.5 Å². The fourth-order valence-corrected chi connectivity index (χ4v) is 3.14. The first kappa shape index (κ1) is 19.0. The molecule has 142 valence electrons. The van der Waals surface area contributed by atoms with Gasteiger partial charge in [0.25, 0.3) is 5.91 Å². The second kappa shape index (κ2) is 8.31. The molecule has 2 aromatic carbocycles. The minimum atomic E-state index is -0.711. The van der Waals surface area contributed by atoms with Crippen molar-refractivity contribution in [3.05, 3.63) is 48.0 Å². The Hall–Kier alpha value is -2.73. The molecule has 2 atom stereocenters. The second-order valence-corrected chi connectivity index (χ2v) is 7.26. The SMILES string of the molecule is CC(C)C[C@@H](NC(=O)c1ccc2ccccc2c1)C(=O)N[C@@H]1COCC1=O. The Morgan fingerprint density at radius 1 is 1.15 bits per heavy atom. The van der Waals surface area contributed by atoms with Gasteiger partial charge in [-0.15, -0.1) is 0 Å². The quantitative estimate of drug-likeness (QED) is 0.817. The Morgan fingerprint density at radius 3 is 2.56 bits per heavy atom. The molecule has 0 unspecified atom stereocenters. The molecule has 0 bridgehead atoms. The molecule has 3 rings (SSSR count). The van der Waals surface area contributed by atoms with Crippen LogP contribution in [0, 0.1) is 5.92 Å². The number of carbonyl (C=O) groups excluding carboxylic acids is 3. The van der Waals surface area contributed by atoms with Crippen LogP contribution in [-0.4, -0.2) is 42.9 Å². The lowest BCUT2D eigenvalue weighted by molar-refractivity contribution is -0.127. The zero-order chi connectivity index (χ0) is 19.4. The molecule has 6 heteroatoms. The lowest BCUT2D eigenvalue weighted by Crippen LogP contribution is -2.52. The number of carbonyl (C=O) groups is 3. The van der Waals surface area contributed by atoms with E-state index in [1.807, 2.05) is 50.2 Å². The molecule has 0 saturated carbocycles. The van der Waals surface area contributed by atoms with Gasteiger partial charge in [-0.1, -0.05) is 44.2 Å². The molecule has 2 N–H and O–H groups in total. The fraction of sp³-hybridized carbons (Fsp3) is 0.381. The van der Waals surface area contributed by atoms with Gasteiger partial charge in [0.15, 0.2) is 5.78 Å². The van der Waals surface area contributed by atoms with Gasteiger partial charge in [-0.05, 0) is 35.2 Å². The minimum Gasteiger partial charge on any atom is -0.371 e. The number of nitrogens with one attached hydrogen (secondary N) is 2. The molecule has 0 spiro atoms. The van der Waals surface area contributed by atoms with E-state index >= 15 is 0 Å². The van der Waals surface area contributed by atoms with Crippen LogP contribution >= 0.6 is 0 Å². The summed E-state index contributed by atoms with van der Waals surface area (Å²) in [6.07, 6.45) is 0.479. The molecule has 1 aliphatic rings. The number of hydrogen-bond acceptors (Lipinski definition) is 4. The van der Waals surface area contributed by atoms with Crippen LogP contribution in [0.25, 0.3) is 10.8 Å². The smallest absolute Gasteiger partial charge is 0.251 e. The van der Waals surface area contributed by atoms with Crippen molar-refractivity contribution in [3.63, 3.8) is 0 Å². The van der Waals surface area contributed by atoms with Crippen molar-refractivity contribution in [2.24, 2.45) is 5.92 Å². The van der Waals surface area contributed by atoms with Gasteiger partial charge in [-0.2, -0.15) is 0 Å². The van der Waals surface area contributed by atoms with Crippen molar-refractivity contribution >= 4 is 28.4 Å². The van der Waals surface area contributed by atoms with Crippen molar-refractivity contribution in [2.75, 3.05) is 13.2 Å². The summed E-state index contributed by atoms with van der Waals surface area (Å²) >= 11 is 0. The Labute approximate surface area is 158 Å². The summed E-state index contributed by atoms with van der Waals surface area (Å²) in [7, 11) is 0. The molecule has 1 fully saturated rings. The standard InChI is InChI=1S/C21H24N2O4/c1-13(2)9-17(21(26)23-18-11-27-12-19(18)24)22-20(25)16-8-7-14-5-3-4-6-15(14)10-16/h3-8,10,13,17-18H,9,11-12H2,1-2H3,(H,22,25)(H,23,26)/t17-,18-/m1/s1. The third-order valence-corrected chi connectivity index (χ3v) is 4.57. The molecule has 1 heterocycles. The normalized spacial score (nSPS) is 17.9. The molecule has 0 aliphatic carbocycles. The van der Waals surface area contributed by atoms with E-state index in [1.54, 1.807) is 6.07 Å². The number of amides is 2. The van der Waals surface area contributed by atoms with Gasteiger partial charge >= 0.3 is 0 Å². The first-order valence-corrected chi connectivity index (χ1v) is 9.14. The Balaban J connectivity index is 1.73. The first-order valence-electron chi connectivity index (χ1n) is 9.14. The third kappa shape index (κ3) is 4.71. The second-order valence-electron chi connectivity index (χ2n) is 7.26. The molecule has 1 aliphatic heterocycles. The maximum Gasteiger partial charge on any atom is 0.251 e. The van der Waals surface area contributed by atoms with Gasteiger partial charge in [-0.25, -0.2) is 0 Å². The van der Waals surface area contributed by atoms with Crippen molar-refractivity contribution in [3.8, 4) is 0 Å². The average molecular weight is 368 g/mol. The highest BCUT2D eigenvalue weighted by molar-refractivity contribution is 6.01. The molecule has 1 saturated heterocycles. The van der Waals surface area contributed by atoms with E-state index in [9.17, 15) is 14.4 Å². The van der Waals surface area contributed by atoms with E-state index in [4.69, 9.17) is 4.74 Å². The number of hydrogen-bond donors (Lipinski definition) is 2. The van der Waals surface area contributed by atoms with Crippen LogP contribution in [0.4, 0.5) is 0 Å². The van der Waals surface area contributed by atoms with Crippen molar-refractivity contribution < 1.29 is 19.1 Å². The van der Waals surface area contributed by atoms with E-state index in [0.29, 0.717) is 12.0 Å². The highest BCUT2D eigenvalue weighted by atomic mass is 16.5. The summed E-state index contributed by atoms with van der Waals surface area (Å²) < 4.78 is 5.07. The zero-order valence-corrected chi connectivity index (χ0v) is 15.5. The summed E-state index contributed by atoms with van der Waals surface area (Å²) in [4.78, 5) is 37.0. The average Bonchev–Trinajstić information content (AvgIpc) is 3.05. The Morgan fingerprint density at radius 2 is 1.89 bits per heavy atom. The highest BCUT2D eigenvalue weighted by Gasteiger charge is 2.30. The van der Waals surface area contributed by atoms with Crippen LogP contribution < -0.4 is 10.6 Å². The molecule has 0 radical (unpaired) electrons. The first-order chi connectivity index (χ1) is 12.9. The molecular formula is C21H24N2O4. The van der Waals surface area contributed by atoms with Gasteiger partial charge in [0, 0.05) is 5.56 Å². The number of ketones is 1. The van der Waals surface area contributed by atoms with E-state index in [2.05, 4.69) is 10.6 Å². The van der Waals surface area contributed by atoms with Crippen LogP contribution in [-0.2, 0) is 14.3 Å². The lowest BCUT2D eigenvalue weighted by atomic mass is 10.0. The van der Waals surface area contributed by atoms with Crippen LogP contribution in [0.1, 0.15) is 30.6 Å². The van der Waals surface area contributed by atoms with Crippen molar-refractivity contribution in [1.29, 1.82) is 0 Å². The third-order valence-electron chi connectivity index (χ3n) is 4.57. The number of ether oxygens (including phenoxy) is 1. The molecule has 6 nitrogen and oxygen atoms in total. The number of fused-ring (bicyclic) bond motifs is 1. The monoisotopic (exact) mass is 368 g/mol. The molecular weight excluding hydrogens is 344 g/mol. The van der Waals surface area contributed by atoms with Gasteiger partial charge in [0.2, 0.25) is 5.91 Å². The van der Waals surface area contributed by atoms with Gasteiger partial charge in [0.1, 0.15) is 18.7 Å². The van der Waals surface area contributed by atoms with Crippen molar-refractivity contribution in [1.82, 2.24) is 10.6 Å². The largest absolute Gasteiger partial charge is 0.371 e. The van der Waals surface area contributed by atoms with Crippen LogP contribution in [0.3, 0.4) is 0 Å². The van der Waals surface area contributed by atoms with Gasteiger partial charge in [-0.3, -0.25) is 14.4 Å². The minimum absolute atomic E-state index is 0.0171. The van der Waals surface area contributed by atoms with Crippen molar-refractivity contribution in [2.45, 2.75) is 32.4 Å². The molecule has 0 aromatic heterocycles. The fourth-order valence-electron chi connectivity index (χ4n) is 3.14. The molecule has 2 aromatic rings.